The van der Waals surface area contributed by atoms with Crippen LogP contribution in [0, 0.1) is 13.8 Å². The van der Waals surface area contributed by atoms with Gasteiger partial charge < -0.3 is 10.1 Å². The molecule has 1 heterocycles. The second-order valence-corrected chi connectivity index (χ2v) is 4.18. The molecule has 0 fully saturated rings. The Bertz CT molecular complexity index is 567. The molecule has 0 saturated heterocycles. The van der Waals surface area contributed by atoms with Gasteiger partial charge in [-0.1, -0.05) is 11.6 Å². The highest BCUT2D eigenvalue weighted by molar-refractivity contribution is 5.71. The van der Waals surface area contributed by atoms with Crippen molar-refractivity contribution >= 4 is 5.95 Å². The SMILES string of the molecule is CNc1ncc(C)c(-c2cc(C)ccc2OC)n1. The Labute approximate surface area is 107 Å². The molecule has 0 aliphatic heterocycles. The summed E-state index contributed by atoms with van der Waals surface area (Å²) in [7, 11) is 3.48. The summed E-state index contributed by atoms with van der Waals surface area (Å²) < 4.78 is 5.40. The number of ether oxygens (including phenoxy) is 1. The molecule has 4 heteroatoms. The molecule has 94 valence electrons. The van der Waals surface area contributed by atoms with Crippen LogP contribution < -0.4 is 10.1 Å². The Hall–Kier alpha value is -2.10. The van der Waals surface area contributed by atoms with Gasteiger partial charge in [0, 0.05) is 18.8 Å². The highest BCUT2D eigenvalue weighted by atomic mass is 16.5. The normalized spacial score (nSPS) is 10.2. The lowest BCUT2D eigenvalue weighted by atomic mass is 10.0. The zero-order valence-corrected chi connectivity index (χ0v) is 11.1. The molecule has 2 aromatic rings. The standard InChI is InChI=1S/C14H17N3O/c1-9-5-6-12(18-4)11(7-9)13-10(2)8-16-14(15-3)17-13/h5-8H,1-4H3,(H,15,16,17). The molecule has 0 radical (unpaired) electrons. The van der Waals surface area contributed by atoms with Gasteiger partial charge in [-0.2, -0.15) is 0 Å². The van der Waals surface area contributed by atoms with E-state index in [0.29, 0.717) is 5.95 Å². The topological polar surface area (TPSA) is 47.0 Å². The van der Waals surface area contributed by atoms with Crippen molar-refractivity contribution in [1.29, 1.82) is 0 Å². The Kier molecular flexibility index (Phi) is 3.46. The zero-order valence-electron chi connectivity index (χ0n) is 11.1. The molecular formula is C14H17N3O. The highest BCUT2D eigenvalue weighted by Gasteiger charge is 2.11. The van der Waals surface area contributed by atoms with E-state index in [1.54, 1.807) is 7.11 Å². The number of methoxy groups -OCH3 is 1. The minimum atomic E-state index is 0.610. The fraction of sp³-hybridized carbons (Fsp3) is 0.286. The molecule has 0 atom stereocenters. The molecule has 0 unspecified atom stereocenters. The van der Waals surface area contributed by atoms with Gasteiger partial charge in [0.2, 0.25) is 5.95 Å². The average Bonchev–Trinajstić information content (AvgIpc) is 2.39. The fourth-order valence-electron chi connectivity index (χ4n) is 1.84. The first-order valence-electron chi connectivity index (χ1n) is 5.82. The maximum Gasteiger partial charge on any atom is 0.222 e. The van der Waals surface area contributed by atoms with Crippen LogP contribution >= 0.6 is 0 Å². The Morgan fingerprint density at radius 1 is 1.22 bits per heavy atom. The summed E-state index contributed by atoms with van der Waals surface area (Å²) in [6.07, 6.45) is 1.82. The Balaban J connectivity index is 2.63. The van der Waals surface area contributed by atoms with Gasteiger partial charge in [-0.25, -0.2) is 9.97 Å². The zero-order chi connectivity index (χ0) is 13.1. The van der Waals surface area contributed by atoms with E-state index < -0.39 is 0 Å². The molecule has 1 N–H and O–H groups in total. The fourth-order valence-corrected chi connectivity index (χ4v) is 1.84. The van der Waals surface area contributed by atoms with Crippen LogP contribution in [0.3, 0.4) is 0 Å². The largest absolute Gasteiger partial charge is 0.496 e. The predicted molar refractivity (Wildman–Crippen MR) is 73.0 cm³/mol. The highest BCUT2D eigenvalue weighted by Crippen LogP contribution is 2.31. The number of aromatic nitrogens is 2. The summed E-state index contributed by atoms with van der Waals surface area (Å²) in [6, 6.07) is 6.07. The lowest BCUT2D eigenvalue weighted by Crippen LogP contribution is -2.00. The number of rotatable bonds is 3. The lowest BCUT2D eigenvalue weighted by Gasteiger charge is -2.12. The second-order valence-electron chi connectivity index (χ2n) is 4.18. The van der Waals surface area contributed by atoms with Gasteiger partial charge >= 0.3 is 0 Å². The molecule has 0 spiro atoms. The van der Waals surface area contributed by atoms with Crippen molar-refractivity contribution < 1.29 is 4.74 Å². The van der Waals surface area contributed by atoms with Crippen LogP contribution in [0.5, 0.6) is 5.75 Å². The smallest absolute Gasteiger partial charge is 0.222 e. The van der Waals surface area contributed by atoms with Crippen LogP contribution in [0.4, 0.5) is 5.95 Å². The number of nitrogens with one attached hydrogen (secondary N) is 1. The monoisotopic (exact) mass is 243 g/mol. The molecular weight excluding hydrogens is 226 g/mol. The number of benzene rings is 1. The average molecular weight is 243 g/mol. The van der Waals surface area contributed by atoms with E-state index in [1.807, 2.05) is 32.3 Å². The predicted octanol–water partition coefficient (Wildman–Crippen LogP) is 2.81. The van der Waals surface area contributed by atoms with Crippen LogP contribution in [0.15, 0.2) is 24.4 Å². The summed E-state index contributed by atoms with van der Waals surface area (Å²) in [4.78, 5) is 8.71. The summed E-state index contributed by atoms with van der Waals surface area (Å²) in [5, 5.41) is 2.95. The third-order valence-corrected chi connectivity index (χ3v) is 2.81. The van der Waals surface area contributed by atoms with Gasteiger partial charge in [0.1, 0.15) is 5.75 Å². The third-order valence-electron chi connectivity index (χ3n) is 2.81. The number of hydrogen-bond donors (Lipinski definition) is 1. The number of hydrogen-bond acceptors (Lipinski definition) is 4. The summed E-state index contributed by atoms with van der Waals surface area (Å²) >= 11 is 0. The number of anilines is 1. The first-order valence-corrected chi connectivity index (χ1v) is 5.82. The summed E-state index contributed by atoms with van der Waals surface area (Å²) in [6.45, 7) is 4.05. The van der Waals surface area contributed by atoms with Gasteiger partial charge in [-0.3, -0.25) is 0 Å². The second kappa shape index (κ2) is 5.04. The van der Waals surface area contributed by atoms with Gasteiger partial charge in [-0.15, -0.1) is 0 Å². The molecule has 0 aliphatic rings. The first kappa shape index (κ1) is 12.4. The van der Waals surface area contributed by atoms with E-state index in [0.717, 1.165) is 22.6 Å². The van der Waals surface area contributed by atoms with Gasteiger partial charge in [0.25, 0.3) is 0 Å². The van der Waals surface area contributed by atoms with E-state index in [2.05, 4.69) is 28.3 Å². The quantitative estimate of drug-likeness (QED) is 0.900. The van der Waals surface area contributed by atoms with Gasteiger partial charge in [0.15, 0.2) is 0 Å². The lowest BCUT2D eigenvalue weighted by molar-refractivity contribution is 0.416. The van der Waals surface area contributed by atoms with Crippen LogP contribution in [-0.2, 0) is 0 Å². The molecule has 1 aromatic carbocycles. The Morgan fingerprint density at radius 3 is 2.67 bits per heavy atom. The molecule has 1 aromatic heterocycles. The van der Waals surface area contributed by atoms with Crippen LogP contribution in [0.25, 0.3) is 11.3 Å². The van der Waals surface area contributed by atoms with E-state index in [4.69, 9.17) is 4.74 Å². The minimum Gasteiger partial charge on any atom is -0.496 e. The van der Waals surface area contributed by atoms with Crippen molar-refractivity contribution in [2.45, 2.75) is 13.8 Å². The van der Waals surface area contributed by atoms with Crippen LogP contribution in [0.2, 0.25) is 0 Å². The van der Waals surface area contributed by atoms with E-state index in [9.17, 15) is 0 Å². The van der Waals surface area contributed by atoms with Crippen molar-refractivity contribution in [1.82, 2.24) is 9.97 Å². The number of aryl methyl sites for hydroxylation is 2. The molecule has 0 saturated carbocycles. The first-order chi connectivity index (χ1) is 8.65. The maximum absolute atomic E-state index is 5.40. The molecule has 18 heavy (non-hydrogen) atoms. The molecule has 0 bridgehead atoms. The number of nitrogens with zero attached hydrogens (tertiary/aromatic N) is 2. The maximum atomic E-state index is 5.40. The molecule has 0 amide bonds. The molecule has 4 nitrogen and oxygen atoms in total. The summed E-state index contributed by atoms with van der Waals surface area (Å²) in [5.41, 5.74) is 4.09. The van der Waals surface area contributed by atoms with Gasteiger partial charge in [-0.05, 0) is 31.5 Å². The van der Waals surface area contributed by atoms with Crippen molar-refractivity contribution in [3.63, 3.8) is 0 Å². The van der Waals surface area contributed by atoms with Crippen LogP contribution in [-0.4, -0.2) is 24.1 Å². The Morgan fingerprint density at radius 2 is 2.00 bits per heavy atom. The van der Waals surface area contributed by atoms with Crippen molar-refractivity contribution in [2.24, 2.45) is 0 Å². The van der Waals surface area contributed by atoms with Gasteiger partial charge in [0.05, 0.1) is 12.8 Å². The van der Waals surface area contributed by atoms with Crippen molar-refractivity contribution in [2.75, 3.05) is 19.5 Å². The van der Waals surface area contributed by atoms with Crippen molar-refractivity contribution in [3.05, 3.63) is 35.5 Å². The molecule has 0 aliphatic carbocycles. The van der Waals surface area contributed by atoms with E-state index in [1.165, 1.54) is 5.56 Å². The summed E-state index contributed by atoms with van der Waals surface area (Å²) in [5.74, 6) is 1.43. The minimum absolute atomic E-state index is 0.610. The van der Waals surface area contributed by atoms with E-state index in [-0.39, 0.29) is 0 Å². The van der Waals surface area contributed by atoms with E-state index >= 15 is 0 Å². The van der Waals surface area contributed by atoms with Crippen LogP contribution in [0.1, 0.15) is 11.1 Å². The van der Waals surface area contributed by atoms with Crippen molar-refractivity contribution in [3.8, 4) is 17.0 Å². The molecule has 2 rings (SSSR count). The third kappa shape index (κ3) is 2.27.